The standard InChI is InChI=1S/C18H18BrFN6O4/c1-3-24-9-13(19)15(22-24)10-23(2)18(27)14-6-7-25(21-14)11-30-17-8-12(20)4-5-16(17)26(28)29/h4-9H,3,10-11H2,1-2H3. The lowest BCUT2D eigenvalue weighted by atomic mass is 10.3. The number of hydrogen-bond donors (Lipinski definition) is 0. The number of nitro benzene ring substituents is 1. The third-order valence-corrected chi connectivity index (χ3v) is 4.84. The zero-order valence-corrected chi connectivity index (χ0v) is 17.7. The van der Waals surface area contributed by atoms with Gasteiger partial charge in [0.25, 0.3) is 5.91 Å². The zero-order chi connectivity index (χ0) is 21.8. The van der Waals surface area contributed by atoms with Crippen LogP contribution in [-0.2, 0) is 19.8 Å². The Morgan fingerprint density at radius 1 is 1.33 bits per heavy atom. The van der Waals surface area contributed by atoms with E-state index in [0.717, 1.165) is 22.7 Å². The van der Waals surface area contributed by atoms with E-state index < -0.39 is 10.7 Å². The lowest BCUT2D eigenvalue weighted by molar-refractivity contribution is -0.386. The highest BCUT2D eigenvalue weighted by Crippen LogP contribution is 2.27. The lowest BCUT2D eigenvalue weighted by Crippen LogP contribution is -2.27. The summed E-state index contributed by atoms with van der Waals surface area (Å²) >= 11 is 3.43. The van der Waals surface area contributed by atoms with E-state index in [9.17, 15) is 19.3 Å². The molecule has 0 aliphatic heterocycles. The molecule has 2 heterocycles. The normalized spacial score (nSPS) is 10.8. The summed E-state index contributed by atoms with van der Waals surface area (Å²) in [5.74, 6) is -1.22. The number of ether oxygens (including phenoxy) is 1. The number of hydrogen-bond acceptors (Lipinski definition) is 6. The molecule has 0 aliphatic rings. The van der Waals surface area contributed by atoms with Crippen LogP contribution in [0, 0.1) is 15.9 Å². The lowest BCUT2D eigenvalue weighted by Gasteiger charge is -2.14. The molecule has 0 radical (unpaired) electrons. The molecular formula is C18H18BrFN6O4. The zero-order valence-electron chi connectivity index (χ0n) is 16.2. The van der Waals surface area contributed by atoms with Crippen molar-refractivity contribution in [1.82, 2.24) is 24.5 Å². The predicted molar refractivity (Wildman–Crippen MR) is 107 cm³/mol. The minimum absolute atomic E-state index is 0.167. The fourth-order valence-electron chi connectivity index (χ4n) is 2.64. The molecule has 0 saturated carbocycles. The van der Waals surface area contributed by atoms with Crippen molar-refractivity contribution >= 4 is 27.5 Å². The van der Waals surface area contributed by atoms with Crippen molar-refractivity contribution in [2.45, 2.75) is 26.7 Å². The second-order valence-corrected chi connectivity index (χ2v) is 7.18. The fraction of sp³-hybridized carbons (Fsp3) is 0.278. The average molecular weight is 481 g/mol. The summed E-state index contributed by atoms with van der Waals surface area (Å²) in [5.41, 5.74) is 0.520. The molecule has 0 spiro atoms. The fourth-order valence-corrected chi connectivity index (χ4v) is 3.08. The van der Waals surface area contributed by atoms with E-state index in [4.69, 9.17) is 4.74 Å². The number of carbonyl (C=O) groups excluding carboxylic acids is 1. The molecule has 158 valence electrons. The SMILES string of the molecule is CCn1cc(Br)c(CN(C)C(=O)c2ccn(COc3cc(F)ccc3[N+](=O)[O-])n2)n1. The van der Waals surface area contributed by atoms with Gasteiger partial charge >= 0.3 is 5.69 Å². The number of rotatable bonds is 8. The first-order valence-corrected chi connectivity index (χ1v) is 9.65. The molecule has 2 aromatic heterocycles. The summed E-state index contributed by atoms with van der Waals surface area (Å²) in [5, 5.41) is 19.5. The number of nitro groups is 1. The molecule has 0 atom stereocenters. The maximum atomic E-state index is 13.4. The van der Waals surface area contributed by atoms with E-state index in [1.54, 1.807) is 11.7 Å². The third-order valence-electron chi connectivity index (χ3n) is 4.18. The minimum atomic E-state index is -0.667. The van der Waals surface area contributed by atoms with E-state index in [-0.39, 0.29) is 36.3 Å². The van der Waals surface area contributed by atoms with Gasteiger partial charge in [-0.25, -0.2) is 9.07 Å². The highest BCUT2D eigenvalue weighted by molar-refractivity contribution is 9.10. The van der Waals surface area contributed by atoms with Crippen LogP contribution in [-0.4, -0.2) is 42.3 Å². The second kappa shape index (κ2) is 9.03. The van der Waals surface area contributed by atoms with Crippen molar-refractivity contribution < 1.29 is 18.8 Å². The van der Waals surface area contributed by atoms with Crippen molar-refractivity contribution in [3.8, 4) is 5.75 Å². The van der Waals surface area contributed by atoms with Crippen LogP contribution >= 0.6 is 15.9 Å². The molecule has 0 fully saturated rings. The first-order valence-electron chi connectivity index (χ1n) is 8.86. The van der Waals surface area contributed by atoms with Crippen LogP contribution in [0.25, 0.3) is 0 Å². The molecule has 12 heteroatoms. The maximum Gasteiger partial charge on any atom is 0.311 e. The molecule has 0 bridgehead atoms. The second-order valence-electron chi connectivity index (χ2n) is 6.32. The minimum Gasteiger partial charge on any atom is -0.464 e. The predicted octanol–water partition coefficient (Wildman–Crippen LogP) is 3.22. The quantitative estimate of drug-likeness (QED) is 0.361. The smallest absolute Gasteiger partial charge is 0.311 e. The van der Waals surface area contributed by atoms with E-state index >= 15 is 0 Å². The number of amides is 1. The van der Waals surface area contributed by atoms with Gasteiger partial charge in [-0.2, -0.15) is 10.2 Å². The summed E-state index contributed by atoms with van der Waals surface area (Å²) in [7, 11) is 1.63. The summed E-state index contributed by atoms with van der Waals surface area (Å²) in [4.78, 5) is 24.5. The Kier molecular flexibility index (Phi) is 6.45. The molecule has 1 amide bonds. The van der Waals surface area contributed by atoms with Gasteiger partial charge in [0, 0.05) is 38.1 Å². The van der Waals surface area contributed by atoms with Gasteiger partial charge in [-0.15, -0.1) is 0 Å². The van der Waals surface area contributed by atoms with Crippen LogP contribution < -0.4 is 4.74 Å². The molecule has 10 nitrogen and oxygen atoms in total. The van der Waals surface area contributed by atoms with Crippen molar-refractivity contribution in [3.05, 3.63) is 68.5 Å². The Hall–Kier alpha value is -3.28. The van der Waals surface area contributed by atoms with E-state index in [1.165, 1.54) is 21.8 Å². The summed E-state index contributed by atoms with van der Waals surface area (Å²) in [6, 6.07) is 4.43. The summed E-state index contributed by atoms with van der Waals surface area (Å²) in [6.45, 7) is 2.73. The first-order chi connectivity index (χ1) is 14.3. The number of carbonyl (C=O) groups is 1. The molecular weight excluding hydrogens is 463 g/mol. The van der Waals surface area contributed by atoms with Crippen LogP contribution in [0.2, 0.25) is 0 Å². The van der Waals surface area contributed by atoms with Gasteiger partial charge in [0.2, 0.25) is 5.75 Å². The van der Waals surface area contributed by atoms with Crippen LogP contribution in [0.1, 0.15) is 23.1 Å². The summed E-state index contributed by atoms with van der Waals surface area (Å²) < 4.78 is 22.6. The number of benzene rings is 1. The molecule has 3 aromatic rings. The maximum absolute atomic E-state index is 13.4. The van der Waals surface area contributed by atoms with Gasteiger partial charge in [-0.1, -0.05) is 0 Å². The van der Waals surface area contributed by atoms with E-state index in [2.05, 4.69) is 26.1 Å². The first kappa shape index (κ1) is 21.4. The topological polar surface area (TPSA) is 108 Å². The highest BCUT2D eigenvalue weighted by Gasteiger charge is 2.19. The molecule has 30 heavy (non-hydrogen) atoms. The number of nitrogens with zero attached hydrogens (tertiary/aromatic N) is 6. The summed E-state index contributed by atoms with van der Waals surface area (Å²) in [6.07, 6.45) is 3.33. The molecule has 0 aliphatic carbocycles. The molecule has 0 N–H and O–H groups in total. The third kappa shape index (κ3) is 4.82. The van der Waals surface area contributed by atoms with Gasteiger partial charge in [0.15, 0.2) is 12.4 Å². The van der Waals surface area contributed by atoms with Crippen LogP contribution in [0.5, 0.6) is 5.75 Å². The average Bonchev–Trinajstić information content (AvgIpc) is 3.32. The Morgan fingerprint density at radius 2 is 2.10 bits per heavy atom. The van der Waals surface area contributed by atoms with E-state index in [1.807, 2.05) is 13.1 Å². The molecule has 1 aromatic carbocycles. The van der Waals surface area contributed by atoms with Crippen LogP contribution in [0.3, 0.4) is 0 Å². The van der Waals surface area contributed by atoms with Crippen molar-refractivity contribution in [1.29, 1.82) is 0 Å². The van der Waals surface area contributed by atoms with E-state index in [0.29, 0.717) is 12.2 Å². The van der Waals surface area contributed by atoms with Gasteiger partial charge in [-0.3, -0.25) is 19.6 Å². The van der Waals surface area contributed by atoms with Gasteiger partial charge in [0.1, 0.15) is 5.82 Å². The Balaban J connectivity index is 1.66. The van der Waals surface area contributed by atoms with Crippen molar-refractivity contribution in [3.63, 3.8) is 0 Å². The van der Waals surface area contributed by atoms with Gasteiger partial charge in [-0.05, 0) is 35.0 Å². The molecule has 0 unspecified atom stereocenters. The molecule has 0 saturated heterocycles. The highest BCUT2D eigenvalue weighted by atomic mass is 79.9. The molecule has 3 rings (SSSR count). The van der Waals surface area contributed by atoms with Crippen molar-refractivity contribution in [2.24, 2.45) is 0 Å². The van der Waals surface area contributed by atoms with Gasteiger partial charge < -0.3 is 9.64 Å². The Bertz CT molecular complexity index is 1080. The van der Waals surface area contributed by atoms with Crippen molar-refractivity contribution in [2.75, 3.05) is 7.05 Å². The Morgan fingerprint density at radius 3 is 2.77 bits per heavy atom. The largest absolute Gasteiger partial charge is 0.464 e. The number of aryl methyl sites for hydroxylation is 1. The number of aromatic nitrogens is 4. The van der Waals surface area contributed by atoms with Gasteiger partial charge in [0.05, 0.1) is 21.6 Å². The monoisotopic (exact) mass is 480 g/mol. The number of halogens is 2. The van der Waals surface area contributed by atoms with Crippen LogP contribution in [0.4, 0.5) is 10.1 Å². The Labute approximate surface area is 179 Å². The van der Waals surface area contributed by atoms with Crippen LogP contribution in [0.15, 0.2) is 41.1 Å².